The van der Waals surface area contributed by atoms with Crippen LogP contribution < -0.4 is 0 Å². The quantitative estimate of drug-likeness (QED) is 0.490. The summed E-state index contributed by atoms with van der Waals surface area (Å²) in [6.45, 7) is 12.7. The fraction of sp³-hybridized carbons (Fsp3) is 0.773. The third kappa shape index (κ3) is 3.67. The molecule has 2 aliphatic heterocycles. The lowest BCUT2D eigenvalue weighted by Gasteiger charge is -2.48. The van der Waals surface area contributed by atoms with Gasteiger partial charge in [-0.05, 0) is 52.5 Å². The second-order valence-electron chi connectivity index (χ2n) is 9.60. The van der Waals surface area contributed by atoms with Crippen LogP contribution in [0.1, 0.15) is 53.9 Å². The molecule has 158 valence electrons. The van der Waals surface area contributed by atoms with Gasteiger partial charge in [0.25, 0.3) is 0 Å². The molecular formula is C22H34O6. The minimum atomic E-state index is -1.19. The van der Waals surface area contributed by atoms with Gasteiger partial charge in [-0.2, -0.15) is 0 Å². The van der Waals surface area contributed by atoms with Crippen molar-refractivity contribution >= 4 is 5.97 Å². The maximum atomic E-state index is 11.7. The Morgan fingerprint density at radius 3 is 2.64 bits per heavy atom. The third-order valence-corrected chi connectivity index (χ3v) is 6.91. The first-order valence-electron chi connectivity index (χ1n) is 10.1. The number of rotatable bonds is 2. The van der Waals surface area contributed by atoms with Crippen molar-refractivity contribution in [3.8, 4) is 0 Å². The van der Waals surface area contributed by atoms with Gasteiger partial charge >= 0.3 is 5.97 Å². The monoisotopic (exact) mass is 394 g/mol. The van der Waals surface area contributed by atoms with Crippen molar-refractivity contribution in [3.05, 3.63) is 23.8 Å². The summed E-state index contributed by atoms with van der Waals surface area (Å²) in [5.74, 6) is -1.11. The van der Waals surface area contributed by atoms with E-state index in [-0.39, 0.29) is 17.9 Å². The van der Waals surface area contributed by atoms with Crippen LogP contribution in [0.4, 0.5) is 0 Å². The SMILES string of the molecule is C=C1CC2OC(C3C2C(C)=CC(O)C3C(C)(C)OC(C)=O)C(C)(O)CCC1O. The number of ether oxygens (including phenoxy) is 2. The van der Waals surface area contributed by atoms with E-state index in [1.54, 1.807) is 6.92 Å². The second kappa shape index (κ2) is 7.24. The molecule has 0 aromatic heterocycles. The Labute approximate surface area is 167 Å². The molecule has 2 saturated heterocycles. The van der Waals surface area contributed by atoms with Crippen LogP contribution in [0.15, 0.2) is 23.8 Å². The molecule has 8 unspecified atom stereocenters. The molecule has 0 aromatic carbocycles. The standard InChI is InChI=1S/C22H34O6/c1-11-10-16-17-12(2)9-15(25)19(21(4,5)28-13(3)23)18(17)20(27-16)22(6,26)8-7-14(11)24/h9,14-20,24-26H,1,7-8,10H2,2-6H3. The van der Waals surface area contributed by atoms with Crippen LogP contribution in [-0.4, -0.2) is 56.9 Å². The fourth-order valence-corrected chi connectivity index (χ4v) is 5.74. The molecule has 6 nitrogen and oxygen atoms in total. The van der Waals surface area contributed by atoms with Crippen molar-refractivity contribution < 1.29 is 29.6 Å². The van der Waals surface area contributed by atoms with Crippen molar-refractivity contribution in [2.24, 2.45) is 17.8 Å². The topological polar surface area (TPSA) is 96.2 Å². The molecule has 0 aromatic rings. The van der Waals surface area contributed by atoms with Crippen LogP contribution in [0.25, 0.3) is 0 Å². The lowest BCUT2D eigenvalue weighted by atomic mass is 9.60. The zero-order chi connectivity index (χ0) is 21.0. The molecule has 3 N–H and O–H groups in total. The van der Waals surface area contributed by atoms with Gasteiger partial charge in [-0.25, -0.2) is 0 Å². The van der Waals surface area contributed by atoms with E-state index in [1.807, 2.05) is 26.8 Å². The number of esters is 1. The number of aliphatic hydroxyl groups excluding tert-OH is 2. The van der Waals surface area contributed by atoms with Crippen LogP contribution >= 0.6 is 0 Å². The van der Waals surface area contributed by atoms with Gasteiger partial charge in [0, 0.05) is 24.7 Å². The Balaban J connectivity index is 2.09. The highest BCUT2D eigenvalue weighted by atomic mass is 16.6. The van der Waals surface area contributed by atoms with Gasteiger partial charge in [0.15, 0.2) is 0 Å². The maximum Gasteiger partial charge on any atom is 0.303 e. The van der Waals surface area contributed by atoms with Crippen LogP contribution in [0, 0.1) is 17.8 Å². The molecule has 0 radical (unpaired) electrons. The summed E-state index contributed by atoms with van der Waals surface area (Å²) in [5.41, 5.74) is -0.417. The number of carbonyl (C=O) groups excluding carboxylic acids is 1. The molecule has 2 bridgehead atoms. The van der Waals surface area contributed by atoms with Gasteiger partial charge in [-0.15, -0.1) is 0 Å². The van der Waals surface area contributed by atoms with Crippen LogP contribution in [0.2, 0.25) is 0 Å². The van der Waals surface area contributed by atoms with E-state index in [2.05, 4.69) is 6.58 Å². The van der Waals surface area contributed by atoms with Crippen LogP contribution in [-0.2, 0) is 14.3 Å². The van der Waals surface area contributed by atoms with Gasteiger partial charge < -0.3 is 24.8 Å². The number of fused-ring (bicyclic) bond motifs is 5. The summed E-state index contributed by atoms with van der Waals surface area (Å²) < 4.78 is 12.0. The summed E-state index contributed by atoms with van der Waals surface area (Å²) in [4.78, 5) is 11.7. The van der Waals surface area contributed by atoms with Crippen molar-refractivity contribution in [2.45, 2.75) is 89.5 Å². The summed E-state index contributed by atoms with van der Waals surface area (Å²) in [5, 5.41) is 32.6. The third-order valence-electron chi connectivity index (χ3n) is 6.91. The number of hydrogen-bond acceptors (Lipinski definition) is 6. The van der Waals surface area contributed by atoms with E-state index in [0.717, 1.165) is 5.57 Å². The zero-order valence-corrected chi connectivity index (χ0v) is 17.5. The lowest BCUT2D eigenvalue weighted by molar-refractivity contribution is -0.175. The van der Waals surface area contributed by atoms with Gasteiger partial charge in [-0.3, -0.25) is 4.79 Å². The number of hydrogen-bond donors (Lipinski definition) is 3. The fourth-order valence-electron chi connectivity index (χ4n) is 5.74. The number of carbonyl (C=O) groups is 1. The first-order valence-corrected chi connectivity index (χ1v) is 10.1. The highest BCUT2D eigenvalue weighted by Gasteiger charge is 2.61. The second-order valence-corrected chi connectivity index (χ2v) is 9.60. The van der Waals surface area contributed by atoms with E-state index < -0.39 is 41.4 Å². The molecule has 0 spiro atoms. The van der Waals surface area contributed by atoms with Crippen LogP contribution in [0.5, 0.6) is 0 Å². The minimum Gasteiger partial charge on any atom is -0.459 e. The number of aliphatic hydroxyl groups is 3. The molecule has 1 aliphatic carbocycles. The van der Waals surface area contributed by atoms with Crippen LogP contribution in [0.3, 0.4) is 0 Å². The normalized spacial score (nSPS) is 44.1. The molecule has 28 heavy (non-hydrogen) atoms. The molecule has 2 fully saturated rings. The van der Waals surface area contributed by atoms with Crippen molar-refractivity contribution in [1.29, 1.82) is 0 Å². The summed E-state index contributed by atoms with van der Waals surface area (Å²) >= 11 is 0. The molecule has 2 heterocycles. The van der Waals surface area contributed by atoms with Crippen molar-refractivity contribution in [1.82, 2.24) is 0 Å². The first-order chi connectivity index (χ1) is 12.8. The van der Waals surface area contributed by atoms with Gasteiger partial charge in [-0.1, -0.05) is 18.2 Å². The van der Waals surface area contributed by atoms with E-state index in [0.29, 0.717) is 24.8 Å². The summed E-state index contributed by atoms with van der Waals surface area (Å²) in [6, 6.07) is 0. The van der Waals surface area contributed by atoms with E-state index in [9.17, 15) is 20.1 Å². The van der Waals surface area contributed by atoms with Crippen molar-refractivity contribution in [3.63, 3.8) is 0 Å². The van der Waals surface area contributed by atoms with E-state index >= 15 is 0 Å². The first kappa shape index (κ1) is 21.5. The summed E-state index contributed by atoms with van der Waals surface area (Å²) in [7, 11) is 0. The molecule has 3 aliphatic rings. The summed E-state index contributed by atoms with van der Waals surface area (Å²) in [6.07, 6.45) is 0.803. The molecule has 0 saturated carbocycles. The van der Waals surface area contributed by atoms with Gasteiger partial charge in [0.2, 0.25) is 0 Å². The molecule has 0 amide bonds. The molecular weight excluding hydrogens is 360 g/mol. The average Bonchev–Trinajstić information content (AvgIpc) is 2.91. The minimum absolute atomic E-state index is 0.0539. The molecule has 8 atom stereocenters. The van der Waals surface area contributed by atoms with Gasteiger partial charge in [0.05, 0.1) is 30.0 Å². The Morgan fingerprint density at radius 2 is 2.04 bits per heavy atom. The van der Waals surface area contributed by atoms with E-state index in [4.69, 9.17) is 9.47 Å². The smallest absolute Gasteiger partial charge is 0.303 e. The Hall–Kier alpha value is -1.21. The largest absolute Gasteiger partial charge is 0.459 e. The predicted octanol–water partition coefficient (Wildman–Crippen LogP) is 2.12. The van der Waals surface area contributed by atoms with Crippen molar-refractivity contribution in [2.75, 3.05) is 0 Å². The maximum absolute atomic E-state index is 11.7. The average molecular weight is 395 g/mol. The Morgan fingerprint density at radius 1 is 1.39 bits per heavy atom. The van der Waals surface area contributed by atoms with E-state index in [1.165, 1.54) is 6.92 Å². The zero-order valence-electron chi connectivity index (χ0n) is 17.5. The Kier molecular flexibility index (Phi) is 5.56. The Bertz CT molecular complexity index is 679. The predicted molar refractivity (Wildman–Crippen MR) is 104 cm³/mol. The highest BCUT2D eigenvalue weighted by Crippen LogP contribution is 2.54. The molecule has 3 rings (SSSR count). The molecule has 6 heteroatoms. The van der Waals surface area contributed by atoms with Gasteiger partial charge in [0.1, 0.15) is 5.60 Å². The highest BCUT2D eigenvalue weighted by molar-refractivity contribution is 5.66. The lowest BCUT2D eigenvalue weighted by Crippen LogP contribution is -2.56.